The summed E-state index contributed by atoms with van der Waals surface area (Å²) in [5, 5.41) is 3.64. The minimum atomic E-state index is 0.514. The predicted octanol–water partition coefficient (Wildman–Crippen LogP) is 5.32. The molecular formula is C26H35N5. The summed E-state index contributed by atoms with van der Waals surface area (Å²) in [6, 6.07) is 17.4. The lowest BCUT2D eigenvalue weighted by Gasteiger charge is -2.32. The van der Waals surface area contributed by atoms with Gasteiger partial charge in [0.15, 0.2) is 11.6 Å². The average Bonchev–Trinajstić information content (AvgIpc) is 2.78. The number of nitrogens with one attached hydrogen (secondary N) is 1. The summed E-state index contributed by atoms with van der Waals surface area (Å²) >= 11 is 0. The van der Waals surface area contributed by atoms with Crippen LogP contribution in [0.5, 0.6) is 0 Å². The van der Waals surface area contributed by atoms with Gasteiger partial charge >= 0.3 is 0 Å². The van der Waals surface area contributed by atoms with Gasteiger partial charge in [-0.3, -0.25) is 4.90 Å². The van der Waals surface area contributed by atoms with E-state index < -0.39 is 0 Å². The SMILES string of the molecule is CC1CCN(c2nc3ccccc3nc2NCc2ccccc2CN(C)C(C)C)CC1. The molecular weight excluding hydrogens is 382 g/mol. The minimum absolute atomic E-state index is 0.514. The van der Waals surface area contributed by atoms with Crippen molar-refractivity contribution in [3.8, 4) is 0 Å². The molecule has 164 valence electrons. The quantitative estimate of drug-likeness (QED) is 0.564. The minimum Gasteiger partial charge on any atom is -0.363 e. The van der Waals surface area contributed by atoms with Crippen LogP contribution in [0.2, 0.25) is 0 Å². The molecule has 1 fully saturated rings. The molecule has 0 unspecified atom stereocenters. The fourth-order valence-electron chi connectivity index (χ4n) is 4.06. The van der Waals surface area contributed by atoms with E-state index in [1.165, 1.54) is 24.0 Å². The van der Waals surface area contributed by atoms with E-state index in [1.807, 2.05) is 18.2 Å². The van der Waals surface area contributed by atoms with Crippen molar-refractivity contribution in [2.24, 2.45) is 5.92 Å². The molecule has 1 aromatic heterocycles. The number of anilines is 2. The van der Waals surface area contributed by atoms with Gasteiger partial charge in [0.05, 0.1) is 11.0 Å². The smallest absolute Gasteiger partial charge is 0.172 e. The molecule has 0 aliphatic carbocycles. The molecule has 1 saturated heterocycles. The van der Waals surface area contributed by atoms with Gasteiger partial charge in [-0.1, -0.05) is 43.3 Å². The molecule has 5 nitrogen and oxygen atoms in total. The average molecular weight is 418 g/mol. The molecule has 31 heavy (non-hydrogen) atoms. The summed E-state index contributed by atoms with van der Waals surface area (Å²) in [5.41, 5.74) is 4.56. The maximum absolute atomic E-state index is 5.02. The van der Waals surface area contributed by atoms with Gasteiger partial charge < -0.3 is 10.2 Å². The Morgan fingerprint density at radius 1 is 0.968 bits per heavy atom. The standard InChI is InChI=1S/C26H35N5/c1-19(2)30(4)18-22-10-6-5-9-21(22)17-27-25-26(31-15-13-20(3)14-16-31)29-24-12-8-7-11-23(24)28-25/h5-12,19-20H,13-18H2,1-4H3,(H,27,28). The van der Waals surface area contributed by atoms with E-state index in [0.29, 0.717) is 6.04 Å². The van der Waals surface area contributed by atoms with Crippen LogP contribution >= 0.6 is 0 Å². The van der Waals surface area contributed by atoms with Crippen molar-refractivity contribution < 1.29 is 0 Å². The Morgan fingerprint density at radius 2 is 1.58 bits per heavy atom. The number of rotatable bonds is 7. The van der Waals surface area contributed by atoms with Gasteiger partial charge in [0.2, 0.25) is 0 Å². The van der Waals surface area contributed by atoms with Crippen molar-refractivity contribution in [3.05, 3.63) is 59.7 Å². The second-order valence-corrected chi connectivity index (χ2v) is 9.19. The van der Waals surface area contributed by atoms with Crippen LogP contribution in [0.15, 0.2) is 48.5 Å². The van der Waals surface area contributed by atoms with Crippen LogP contribution in [0.25, 0.3) is 11.0 Å². The zero-order chi connectivity index (χ0) is 21.8. The third-order valence-corrected chi connectivity index (χ3v) is 6.50. The number of para-hydroxylation sites is 2. The second kappa shape index (κ2) is 9.65. The van der Waals surface area contributed by atoms with E-state index in [9.17, 15) is 0 Å². The summed E-state index contributed by atoms with van der Waals surface area (Å²) < 4.78 is 0. The van der Waals surface area contributed by atoms with Crippen LogP contribution in [-0.4, -0.2) is 41.0 Å². The molecule has 1 aliphatic heterocycles. The van der Waals surface area contributed by atoms with E-state index >= 15 is 0 Å². The Labute approximate surface area is 186 Å². The number of hydrogen-bond acceptors (Lipinski definition) is 5. The zero-order valence-corrected chi connectivity index (χ0v) is 19.3. The van der Waals surface area contributed by atoms with Gasteiger partial charge in [0, 0.05) is 32.2 Å². The lowest BCUT2D eigenvalue weighted by atomic mass is 9.99. The Kier molecular flexibility index (Phi) is 6.71. The summed E-state index contributed by atoms with van der Waals surface area (Å²) in [4.78, 5) is 14.8. The lowest BCUT2D eigenvalue weighted by Crippen LogP contribution is -2.34. The maximum Gasteiger partial charge on any atom is 0.172 e. The molecule has 0 spiro atoms. The first-order valence-corrected chi connectivity index (χ1v) is 11.5. The molecule has 0 atom stereocenters. The van der Waals surface area contributed by atoms with Gasteiger partial charge in [-0.15, -0.1) is 0 Å². The van der Waals surface area contributed by atoms with E-state index in [0.717, 1.165) is 54.8 Å². The zero-order valence-electron chi connectivity index (χ0n) is 19.3. The van der Waals surface area contributed by atoms with Gasteiger partial charge in [0.25, 0.3) is 0 Å². The van der Waals surface area contributed by atoms with Crippen molar-refractivity contribution in [1.29, 1.82) is 0 Å². The van der Waals surface area contributed by atoms with E-state index in [-0.39, 0.29) is 0 Å². The highest BCUT2D eigenvalue weighted by Crippen LogP contribution is 2.29. The molecule has 2 heterocycles. The summed E-state index contributed by atoms with van der Waals surface area (Å²) in [6.45, 7) is 10.6. The highest BCUT2D eigenvalue weighted by Gasteiger charge is 2.21. The summed E-state index contributed by atoms with van der Waals surface area (Å²) in [5.74, 6) is 2.66. The topological polar surface area (TPSA) is 44.3 Å². The molecule has 0 saturated carbocycles. The molecule has 4 rings (SSSR count). The predicted molar refractivity (Wildman–Crippen MR) is 131 cm³/mol. The third-order valence-electron chi connectivity index (χ3n) is 6.50. The van der Waals surface area contributed by atoms with E-state index in [4.69, 9.17) is 9.97 Å². The number of aromatic nitrogens is 2. The van der Waals surface area contributed by atoms with Gasteiger partial charge in [-0.2, -0.15) is 0 Å². The molecule has 0 bridgehead atoms. The van der Waals surface area contributed by atoms with Gasteiger partial charge in [0.1, 0.15) is 0 Å². The van der Waals surface area contributed by atoms with Crippen molar-refractivity contribution in [1.82, 2.24) is 14.9 Å². The fourth-order valence-corrected chi connectivity index (χ4v) is 4.06. The Morgan fingerprint density at radius 3 is 2.26 bits per heavy atom. The van der Waals surface area contributed by atoms with Gasteiger partial charge in [-0.05, 0) is 62.9 Å². The van der Waals surface area contributed by atoms with E-state index in [2.05, 4.69) is 73.3 Å². The van der Waals surface area contributed by atoms with Crippen LogP contribution in [0.1, 0.15) is 44.7 Å². The number of hydrogen-bond donors (Lipinski definition) is 1. The van der Waals surface area contributed by atoms with Gasteiger partial charge in [-0.25, -0.2) is 9.97 Å². The number of piperidine rings is 1. The third kappa shape index (κ3) is 5.16. The lowest BCUT2D eigenvalue weighted by molar-refractivity contribution is 0.265. The molecule has 1 aliphatic rings. The number of fused-ring (bicyclic) bond motifs is 1. The summed E-state index contributed by atoms with van der Waals surface area (Å²) in [7, 11) is 2.18. The second-order valence-electron chi connectivity index (χ2n) is 9.19. The Balaban J connectivity index is 1.60. The monoisotopic (exact) mass is 417 g/mol. The van der Waals surface area contributed by atoms with Crippen molar-refractivity contribution in [2.75, 3.05) is 30.4 Å². The molecule has 3 aromatic rings. The maximum atomic E-state index is 5.02. The summed E-state index contributed by atoms with van der Waals surface area (Å²) in [6.07, 6.45) is 2.41. The molecule has 5 heteroatoms. The largest absolute Gasteiger partial charge is 0.363 e. The highest BCUT2D eigenvalue weighted by atomic mass is 15.2. The number of benzene rings is 2. The molecule has 2 aromatic carbocycles. The fraction of sp³-hybridized carbons (Fsp3) is 0.462. The normalized spacial score (nSPS) is 15.2. The Hall–Kier alpha value is -2.66. The Bertz CT molecular complexity index is 1010. The van der Waals surface area contributed by atoms with Crippen LogP contribution in [0.4, 0.5) is 11.6 Å². The number of nitrogens with zero attached hydrogens (tertiary/aromatic N) is 4. The van der Waals surface area contributed by atoms with Crippen LogP contribution in [-0.2, 0) is 13.1 Å². The first-order valence-electron chi connectivity index (χ1n) is 11.5. The highest BCUT2D eigenvalue weighted by molar-refractivity contribution is 5.80. The first-order chi connectivity index (χ1) is 15.0. The van der Waals surface area contributed by atoms with Crippen LogP contribution in [0, 0.1) is 5.92 Å². The van der Waals surface area contributed by atoms with Crippen molar-refractivity contribution in [3.63, 3.8) is 0 Å². The van der Waals surface area contributed by atoms with Crippen LogP contribution < -0.4 is 10.2 Å². The molecule has 1 N–H and O–H groups in total. The molecule has 0 radical (unpaired) electrons. The van der Waals surface area contributed by atoms with Crippen molar-refractivity contribution >= 4 is 22.7 Å². The molecule has 0 amide bonds. The van der Waals surface area contributed by atoms with Crippen molar-refractivity contribution in [2.45, 2.75) is 52.7 Å². The van der Waals surface area contributed by atoms with E-state index in [1.54, 1.807) is 0 Å². The first kappa shape index (κ1) is 21.6. The van der Waals surface area contributed by atoms with Crippen LogP contribution in [0.3, 0.4) is 0 Å².